The first-order valence-electron chi connectivity index (χ1n) is 8.28. The summed E-state index contributed by atoms with van der Waals surface area (Å²) in [6.07, 6.45) is 4.54. The van der Waals surface area contributed by atoms with E-state index in [0.29, 0.717) is 32.4 Å². The van der Waals surface area contributed by atoms with Crippen LogP contribution in [0.15, 0.2) is 24.4 Å². The number of nitrogens with two attached hydrogens (primary N) is 1. The average Bonchev–Trinajstić information content (AvgIpc) is 2.89. The summed E-state index contributed by atoms with van der Waals surface area (Å²) >= 11 is 12.4. The molecule has 4 nitrogen and oxygen atoms in total. The van der Waals surface area contributed by atoms with Crippen LogP contribution < -0.4 is 10.6 Å². The quantitative estimate of drug-likeness (QED) is 0.868. The monoisotopic (exact) mass is 360 g/mol. The van der Waals surface area contributed by atoms with Crippen molar-refractivity contribution >= 4 is 34.8 Å². The van der Waals surface area contributed by atoms with Crippen molar-refractivity contribution in [3.05, 3.63) is 34.4 Å². The summed E-state index contributed by atoms with van der Waals surface area (Å²) in [5, 5.41) is 0.946. The van der Waals surface area contributed by atoms with Gasteiger partial charge in [0.15, 0.2) is 5.82 Å². The van der Waals surface area contributed by atoms with Gasteiger partial charge in [0.25, 0.3) is 0 Å². The Morgan fingerprint density at radius 1 is 1.29 bits per heavy atom. The number of aromatic nitrogens is 2. The van der Waals surface area contributed by atoms with Crippen LogP contribution in [0.1, 0.15) is 19.8 Å². The van der Waals surface area contributed by atoms with Crippen LogP contribution in [0, 0.1) is 16.7 Å². The van der Waals surface area contributed by atoms with E-state index in [-0.39, 0.29) is 0 Å². The van der Waals surface area contributed by atoms with Crippen LogP contribution in [0.25, 0.3) is 11.3 Å². The third-order valence-electron chi connectivity index (χ3n) is 6.77. The number of nitrogens with zero attached hydrogens (tertiary/aromatic N) is 3. The van der Waals surface area contributed by atoms with Gasteiger partial charge in [-0.1, -0.05) is 42.3 Å². The molecule has 1 aliphatic heterocycles. The lowest BCUT2D eigenvalue weighted by Gasteiger charge is -2.36. The molecule has 1 unspecified atom stereocenters. The molecule has 1 saturated heterocycles. The van der Waals surface area contributed by atoms with Gasteiger partial charge in [-0.05, 0) is 35.7 Å². The molecule has 0 amide bonds. The summed E-state index contributed by atoms with van der Waals surface area (Å²) in [6, 6.07) is 5.44. The van der Waals surface area contributed by atoms with E-state index in [0.717, 1.165) is 30.4 Å². The Morgan fingerprint density at radius 2 is 2.12 bits per heavy atom. The zero-order chi connectivity index (χ0) is 16.7. The first-order valence-corrected chi connectivity index (χ1v) is 9.04. The number of hydrogen-bond acceptors (Lipinski definition) is 4. The fourth-order valence-electron chi connectivity index (χ4n) is 5.13. The zero-order valence-corrected chi connectivity index (χ0v) is 14.9. The summed E-state index contributed by atoms with van der Waals surface area (Å²) in [4.78, 5) is 11.5. The summed E-state index contributed by atoms with van der Waals surface area (Å²) in [5.74, 6) is 2.08. The van der Waals surface area contributed by atoms with Crippen LogP contribution in [0.5, 0.6) is 0 Å². The highest BCUT2D eigenvalue weighted by Gasteiger charge is 2.81. The number of fused-ring (bicyclic) bond motifs is 1. The molecule has 2 N–H and O–H groups in total. The number of piperidine rings is 1. The van der Waals surface area contributed by atoms with Crippen LogP contribution in [-0.4, -0.2) is 23.1 Å². The molecule has 3 atom stereocenters. The fraction of sp³-hybridized carbons (Fsp3) is 0.444. The zero-order valence-electron chi connectivity index (χ0n) is 13.4. The van der Waals surface area contributed by atoms with Crippen LogP contribution in [0.3, 0.4) is 0 Å². The molecule has 2 aromatic rings. The van der Waals surface area contributed by atoms with E-state index in [1.165, 1.54) is 12.8 Å². The van der Waals surface area contributed by atoms with E-state index in [4.69, 9.17) is 28.9 Å². The highest BCUT2D eigenvalue weighted by molar-refractivity contribution is 6.43. The van der Waals surface area contributed by atoms with Gasteiger partial charge in [0.1, 0.15) is 11.5 Å². The highest BCUT2D eigenvalue weighted by Crippen LogP contribution is 2.84. The minimum absolute atomic E-state index is 0.395. The highest BCUT2D eigenvalue weighted by atomic mass is 35.5. The second-order valence-electron chi connectivity index (χ2n) is 7.57. The summed E-state index contributed by atoms with van der Waals surface area (Å²) in [6.45, 7) is 4.59. The predicted molar refractivity (Wildman–Crippen MR) is 97.4 cm³/mol. The second-order valence-corrected chi connectivity index (χ2v) is 8.36. The average molecular weight is 361 g/mol. The number of rotatable bonds is 2. The topological polar surface area (TPSA) is 55.0 Å². The number of anilines is 2. The summed E-state index contributed by atoms with van der Waals surface area (Å²) in [7, 11) is 0. The van der Waals surface area contributed by atoms with Gasteiger partial charge < -0.3 is 10.6 Å². The van der Waals surface area contributed by atoms with Gasteiger partial charge >= 0.3 is 0 Å². The van der Waals surface area contributed by atoms with Crippen LogP contribution >= 0.6 is 23.2 Å². The number of halogens is 2. The first kappa shape index (κ1) is 14.8. The first-order chi connectivity index (χ1) is 11.5. The van der Waals surface area contributed by atoms with E-state index in [9.17, 15) is 0 Å². The standard InChI is InChI=1S/C18H18Cl2N4/c1-17-5-6-18(17)9-24(8-12(17)18)13-7-22-15(16(21)23-13)10-3-2-4-11(19)14(10)20/h2-4,7,12H,5-6,8-9H2,1H3,(H2,21,23)/t12?,17-,18-/m1/s1. The van der Waals surface area contributed by atoms with Crippen molar-refractivity contribution in [2.45, 2.75) is 19.8 Å². The maximum Gasteiger partial charge on any atom is 0.152 e. The largest absolute Gasteiger partial charge is 0.382 e. The van der Waals surface area contributed by atoms with Crippen LogP contribution in [-0.2, 0) is 0 Å². The summed E-state index contributed by atoms with van der Waals surface area (Å²) in [5.41, 5.74) is 8.62. The van der Waals surface area contributed by atoms with E-state index in [1.54, 1.807) is 12.3 Å². The lowest BCUT2D eigenvalue weighted by molar-refractivity contribution is 0.201. The van der Waals surface area contributed by atoms with Gasteiger partial charge in [0.2, 0.25) is 0 Å². The Bertz CT molecular complexity index is 870. The maximum absolute atomic E-state index is 6.28. The van der Waals surface area contributed by atoms with Crippen molar-refractivity contribution in [2.24, 2.45) is 16.7 Å². The fourth-order valence-corrected chi connectivity index (χ4v) is 5.52. The second kappa shape index (κ2) is 4.55. The SMILES string of the molecule is C[C@]12CC[C@]13CN(c1cnc(-c4cccc(Cl)c4Cl)c(N)n1)CC32. The van der Waals surface area contributed by atoms with Crippen LogP contribution in [0.4, 0.5) is 11.6 Å². The van der Waals surface area contributed by atoms with Gasteiger partial charge in [0.05, 0.1) is 16.2 Å². The Balaban J connectivity index is 1.45. The third-order valence-corrected chi connectivity index (χ3v) is 7.59. The molecule has 0 radical (unpaired) electrons. The number of benzene rings is 1. The molecule has 2 heterocycles. The molecule has 2 aliphatic carbocycles. The Hall–Kier alpha value is -1.52. The molecular formula is C18H18Cl2N4. The minimum atomic E-state index is 0.395. The minimum Gasteiger partial charge on any atom is -0.382 e. The van der Waals surface area contributed by atoms with E-state index in [2.05, 4.69) is 21.8 Å². The molecule has 3 aliphatic rings. The molecular weight excluding hydrogens is 343 g/mol. The molecule has 124 valence electrons. The molecule has 6 heteroatoms. The van der Waals surface area contributed by atoms with Gasteiger partial charge in [-0.2, -0.15) is 0 Å². The molecule has 1 spiro atoms. The van der Waals surface area contributed by atoms with E-state index < -0.39 is 0 Å². The van der Waals surface area contributed by atoms with Crippen molar-refractivity contribution in [2.75, 3.05) is 23.7 Å². The van der Waals surface area contributed by atoms with Gasteiger partial charge in [0, 0.05) is 18.7 Å². The molecule has 3 fully saturated rings. The lowest BCUT2D eigenvalue weighted by Crippen LogP contribution is -2.36. The summed E-state index contributed by atoms with van der Waals surface area (Å²) < 4.78 is 0. The molecule has 0 bridgehead atoms. The maximum atomic E-state index is 6.28. The van der Waals surface area contributed by atoms with E-state index >= 15 is 0 Å². The number of nitrogen functional groups attached to an aromatic ring is 1. The molecule has 5 rings (SSSR count). The van der Waals surface area contributed by atoms with Crippen molar-refractivity contribution in [1.29, 1.82) is 0 Å². The van der Waals surface area contributed by atoms with Crippen molar-refractivity contribution < 1.29 is 0 Å². The van der Waals surface area contributed by atoms with Gasteiger partial charge in [-0.15, -0.1) is 0 Å². The lowest BCUT2D eigenvalue weighted by atomic mass is 9.75. The Morgan fingerprint density at radius 3 is 2.79 bits per heavy atom. The van der Waals surface area contributed by atoms with Gasteiger partial charge in [-0.25, -0.2) is 9.97 Å². The molecule has 24 heavy (non-hydrogen) atoms. The van der Waals surface area contributed by atoms with Gasteiger partial charge in [-0.3, -0.25) is 0 Å². The van der Waals surface area contributed by atoms with Crippen molar-refractivity contribution in [1.82, 2.24) is 9.97 Å². The third kappa shape index (κ3) is 1.66. The molecule has 1 aromatic carbocycles. The smallest absolute Gasteiger partial charge is 0.152 e. The Labute approximate surface area is 151 Å². The molecule has 1 aromatic heterocycles. The number of hydrogen-bond donors (Lipinski definition) is 1. The van der Waals surface area contributed by atoms with Crippen molar-refractivity contribution in [3.63, 3.8) is 0 Å². The molecule has 2 saturated carbocycles. The van der Waals surface area contributed by atoms with Crippen LogP contribution in [0.2, 0.25) is 10.0 Å². The normalized spacial score (nSPS) is 33.0. The van der Waals surface area contributed by atoms with Crippen molar-refractivity contribution in [3.8, 4) is 11.3 Å². The predicted octanol–water partition coefficient (Wildman–Crippen LogP) is 4.27. The Kier molecular flexibility index (Phi) is 2.81. The van der Waals surface area contributed by atoms with E-state index in [1.807, 2.05) is 12.1 Å².